The van der Waals surface area contributed by atoms with Crippen molar-refractivity contribution in [2.75, 3.05) is 0 Å². The number of carboxylic acids is 1. The van der Waals surface area contributed by atoms with Crippen LogP contribution in [0.4, 0.5) is 10.1 Å². The van der Waals surface area contributed by atoms with Gasteiger partial charge in [0.15, 0.2) is 11.6 Å². The van der Waals surface area contributed by atoms with Gasteiger partial charge in [-0.15, -0.1) is 0 Å². The van der Waals surface area contributed by atoms with Crippen molar-refractivity contribution in [1.29, 1.82) is 0 Å². The summed E-state index contributed by atoms with van der Waals surface area (Å²) in [6.07, 6.45) is 1.35. The number of carboxylic acid groups (broad SMARTS) is 1. The molecule has 8 nitrogen and oxygen atoms in total. The Morgan fingerprint density at radius 2 is 1.85 bits per heavy atom. The molecule has 0 aliphatic rings. The quantitative estimate of drug-likeness (QED) is 0.226. The summed E-state index contributed by atoms with van der Waals surface area (Å²) in [5, 5.41) is 22.7. The number of fused-ring (bicyclic) bond motifs is 1. The first-order chi connectivity index (χ1) is 15.9. The average molecular weight is 444 g/mol. The second kappa shape index (κ2) is 9.15. The van der Waals surface area contributed by atoms with E-state index in [1.54, 1.807) is 42.5 Å². The number of halogens is 1. The van der Waals surface area contributed by atoms with Crippen LogP contribution in [-0.2, 0) is 0 Å². The Kier molecular flexibility index (Phi) is 5.94. The van der Waals surface area contributed by atoms with Crippen LogP contribution in [0, 0.1) is 5.82 Å². The van der Waals surface area contributed by atoms with E-state index in [1.165, 1.54) is 30.5 Å². The fraction of sp³-hybridized carbons (Fsp3) is 0. The van der Waals surface area contributed by atoms with E-state index in [4.69, 9.17) is 15.7 Å². The van der Waals surface area contributed by atoms with E-state index in [9.17, 15) is 14.3 Å². The Labute approximate surface area is 187 Å². The summed E-state index contributed by atoms with van der Waals surface area (Å²) in [4.78, 5) is 19.7. The molecular formula is C24H17FN4O4. The highest BCUT2D eigenvalue weighted by molar-refractivity contribution is 6.38. The number of ether oxygens (including phenoxy) is 1. The zero-order valence-electron chi connectivity index (χ0n) is 17.0. The first-order valence-electron chi connectivity index (χ1n) is 9.66. The minimum atomic E-state index is -1.01. The van der Waals surface area contributed by atoms with Gasteiger partial charge < -0.3 is 20.8 Å². The van der Waals surface area contributed by atoms with Crippen LogP contribution in [0.3, 0.4) is 0 Å². The van der Waals surface area contributed by atoms with Crippen molar-refractivity contribution >= 4 is 34.5 Å². The van der Waals surface area contributed by atoms with Crippen molar-refractivity contribution in [2.24, 2.45) is 15.9 Å². The largest absolute Gasteiger partial charge is 0.505 e. The Morgan fingerprint density at radius 1 is 1.06 bits per heavy atom. The maximum absolute atomic E-state index is 13.5. The van der Waals surface area contributed by atoms with Crippen molar-refractivity contribution in [2.45, 2.75) is 0 Å². The van der Waals surface area contributed by atoms with Crippen molar-refractivity contribution in [1.82, 2.24) is 4.98 Å². The van der Waals surface area contributed by atoms with Gasteiger partial charge in [0.05, 0.1) is 28.7 Å². The number of nitrogens with two attached hydrogens (primary N) is 1. The van der Waals surface area contributed by atoms with Gasteiger partial charge in [-0.1, -0.05) is 6.07 Å². The normalized spacial score (nSPS) is 11.7. The number of phenols is 1. The minimum Gasteiger partial charge on any atom is -0.505 e. The molecule has 4 aromatic rings. The lowest BCUT2D eigenvalue weighted by atomic mass is 10.1. The summed E-state index contributed by atoms with van der Waals surface area (Å²) in [6, 6.07) is 18.6. The number of aromatic carboxylic acids is 1. The molecule has 0 fully saturated rings. The van der Waals surface area contributed by atoms with Crippen LogP contribution in [0.5, 0.6) is 17.2 Å². The van der Waals surface area contributed by atoms with Crippen LogP contribution >= 0.6 is 0 Å². The van der Waals surface area contributed by atoms with Crippen molar-refractivity contribution in [3.05, 3.63) is 89.9 Å². The molecule has 1 aromatic heterocycles. The molecule has 0 aliphatic heterocycles. The smallest absolute Gasteiger partial charge is 0.335 e. The highest BCUT2D eigenvalue weighted by atomic mass is 19.1. The molecule has 0 radical (unpaired) electrons. The third-order valence-electron chi connectivity index (χ3n) is 4.69. The molecule has 0 aliphatic carbocycles. The van der Waals surface area contributed by atoms with Crippen LogP contribution in [0.2, 0.25) is 0 Å². The van der Waals surface area contributed by atoms with Crippen LogP contribution in [0.15, 0.2) is 82.9 Å². The number of aliphatic imine (C=N–C) groups is 1. The first-order valence-corrected chi connectivity index (χ1v) is 9.66. The van der Waals surface area contributed by atoms with E-state index in [2.05, 4.69) is 15.1 Å². The highest BCUT2D eigenvalue weighted by Crippen LogP contribution is 2.29. The van der Waals surface area contributed by atoms with Crippen LogP contribution in [0.25, 0.3) is 10.9 Å². The predicted molar refractivity (Wildman–Crippen MR) is 122 cm³/mol. The van der Waals surface area contributed by atoms with Gasteiger partial charge >= 0.3 is 5.97 Å². The molecule has 33 heavy (non-hydrogen) atoms. The number of pyridine rings is 1. The molecule has 0 atom stereocenters. The molecule has 1 heterocycles. The third-order valence-corrected chi connectivity index (χ3v) is 4.69. The Balaban J connectivity index is 1.60. The summed E-state index contributed by atoms with van der Waals surface area (Å²) < 4.78 is 19.4. The SMILES string of the molecule is NN=C(C=Nc1ccc(O)c(F)c1)c1ccc2c(Oc3ccc(C(=O)O)cc3)cccc2n1. The van der Waals surface area contributed by atoms with Gasteiger partial charge in [0.1, 0.15) is 17.2 Å². The van der Waals surface area contributed by atoms with Gasteiger partial charge in [0, 0.05) is 11.5 Å². The summed E-state index contributed by atoms with van der Waals surface area (Å²) >= 11 is 0. The molecule has 0 bridgehead atoms. The summed E-state index contributed by atoms with van der Waals surface area (Å²) in [6.45, 7) is 0. The zero-order valence-corrected chi connectivity index (χ0v) is 17.0. The number of rotatable bonds is 6. The fourth-order valence-electron chi connectivity index (χ4n) is 3.03. The number of carbonyl (C=O) groups is 1. The molecule has 4 N–H and O–H groups in total. The molecule has 0 amide bonds. The number of aromatic hydroxyl groups is 1. The van der Waals surface area contributed by atoms with Gasteiger partial charge in [-0.3, -0.25) is 4.99 Å². The maximum Gasteiger partial charge on any atom is 0.335 e. The van der Waals surface area contributed by atoms with Crippen molar-refractivity contribution in [3.8, 4) is 17.2 Å². The van der Waals surface area contributed by atoms with E-state index < -0.39 is 17.5 Å². The standard InChI is InChI=1S/C24H17FN4O4/c25-18-12-15(6-11-22(18)30)27-13-21(29-26)20-10-9-17-19(28-20)2-1-3-23(17)33-16-7-4-14(5-8-16)24(31)32/h1-13,30H,26H2,(H,31,32). The topological polar surface area (TPSA) is 130 Å². The number of aromatic nitrogens is 1. The van der Waals surface area contributed by atoms with E-state index >= 15 is 0 Å². The average Bonchev–Trinajstić information content (AvgIpc) is 2.82. The molecule has 0 saturated heterocycles. The number of hydrogen-bond acceptors (Lipinski definition) is 7. The summed E-state index contributed by atoms with van der Waals surface area (Å²) in [5.41, 5.74) is 1.75. The van der Waals surface area contributed by atoms with Gasteiger partial charge in [-0.05, 0) is 60.7 Å². The van der Waals surface area contributed by atoms with E-state index in [0.29, 0.717) is 22.7 Å². The zero-order chi connectivity index (χ0) is 23.4. The van der Waals surface area contributed by atoms with E-state index in [-0.39, 0.29) is 17.0 Å². The second-order valence-electron chi connectivity index (χ2n) is 6.86. The summed E-state index contributed by atoms with van der Waals surface area (Å²) in [5.74, 6) is 4.26. The lowest BCUT2D eigenvalue weighted by Gasteiger charge is -2.10. The summed E-state index contributed by atoms with van der Waals surface area (Å²) in [7, 11) is 0. The Bertz CT molecular complexity index is 1400. The van der Waals surface area contributed by atoms with Gasteiger partial charge in [-0.2, -0.15) is 5.10 Å². The lowest BCUT2D eigenvalue weighted by Crippen LogP contribution is -2.08. The number of phenolic OH excluding ortho intramolecular Hbond substituents is 1. The van der Waals surface area contributed by atoms with Crippen molar-refractivity contribution in [3.63, 3.8) is 0 Å². The molecule has 0 spiro atoms. The van der Waals surface area contributed by atoms with Gasteiger partial charge in [0.25, 0.3) is 0 Å². The molecule has 9 heteroatoms. The molecule has 0 unspecified atom stereocenters. The fourth-order valence-corrected chi connectivity index (χ4v) is 3.03. The van der Waals surface area contributed by atoms with Gasteiger partial charge in [-0.25, -0.2) is 14.2 Å². The number of hydrogen-bond donors (Lipinski definition) is 3. The lowest BCUT2D eigenvalue weighted by molar-refractivity contribution is 0.0697. The molecule has 3 aromatic carbocycles. The first kappa shape index (κ1) is 21.4. The highest BCUT2D eigenvalue weighted by Gasteiger charge is 2.10. The van der Waals surface area contributed by atoms with E-state index in [1.807, 2.05) is 0 Å². The predicted octanol–water partition coefficient (Wildman–Crippen LogP) is 4.64. The van der Waals surface area contributed by atoms with Crippen molar-refractivity contribution < 1.29 is 24.1 Å². The number of hydrazone groups is 1. The maximum atomic E-state index is 13.5. The second-order valence-corrected chi connectivity index (χ2v) is 6.86. The molecular weight excluding hydrogens is 427 g/mol. The van der Waals surface area contributed by atoms with Crippen LogP contribution < -0.4 is 10.6 Å². The monoisotopic (exact) mass is 444 g/mol. The van der Waals surface area contributed by atoms with E-state index in [0.717, 1.165) is 11.5 Å². The number of nitrogens with zero attached hydrogens (tertiary/aromatic N) is 3. The number of benzene rings is 3. The third kappa shape index (κ3) is 4.77. The molecule has 0 saturated carbocycles. The minimum absolute atomic E-state index is 0.164. The molecule has 4 rings (SSSR count). The van der Waals surface area contributed by atoms with Crippen LogP contribution in [0.1, 0.15) is 16.1 Å². The Morgan fingerprint density at radius 3 is 2.55 bits per heavy atom. The van der Waals surface area contributed by atoms with Crippen LogP contribution in [-0.4, -0.2) is 33.1 Å². The van der Waals surface area contributed by atoms with Gasteiger partial charge in [0.2, 0.25) is 0 Å². The molecule has 164 valence electrons. The Hall–Kier alpha value is -4.79.